The highest BCUT2D eigenvalue weighted by Gasteiger charge is 2.24. The number of piperidine rings is 1. The van der Waals surface area contributed by atoms with Crippen molar-refractivity contribution in [1.82, 2.24) is 19.8 Å². The molecule has 0 aliphatic carbocycles. The van der Waals surface area contributed by atoms with E-state index in [-0.39, 0.29) is 17.2 Å². The minimum atomic E-state index is 0.0195. The molecule has 1 atom stereocenters. The van der Waals surface area contributed by atoms with E-state index in [4.69, 9.17) is 32.6 Å². The summed E-state index contributed by atoms with van der Waals surface area (Å²) in [5.41, 5.74) is 6.19. The van der Waals surface area contributed by atoms with Crippen LogP contribution in [0.25, 0.3) is 11.0 Å². The number of carbonyl (C=O) groups is 1. The van der Waals surface area contributed by atoms with Gasteiger partial charge in [0.15, 0.2) is 0 Å². The smallest absolute Gasteiger partial charge is 0.253 e. The van der Waals surface area contributed by atoms with E-state index in [1.165, 1.54) is 5.56 Å². The lowest BCUT2D eigenvalue weighted by atomic mass is 9.86. The molecular weight excluding hydrogens is 641 g/mol. The number of rotatable bonds is 11. The fourth-order valence-corrected chi connectivity index (χ4v) is 6.92. The standard InChI is InChI=1S/C39H45Cl2N5O2/c1-39(2,3)30-13-10-26(11-14-30)37(47)45(4)25-29(27-12-15-33(40)34(41)24-27)16-19-46-20-17-31(18-21-46)42-38-43-35-9-5-7-28(36(35)44-38)23-32-8-6-22-48-32/h5-15,22,24,29,31H,16-21,23,25H2,1-4H3,(H2,42,43,44). The zero-order valence-corrected chi connectivity index (χ0v) is 29.7. The quantitative estimate of drug-likeness (QED) is 0.145. The van der Waals surface area contributed by atoms with Crippen LogP contribution in [0.15, 0.2) is 83.5 Å². The van der Waals surface area contributed by atoms with Gasteiger partial charge in [-0.3, -0.25) is 4.79 Å². The number of para-hydroxylation sites is 1. The number of furan rings is 1. The van der Waals surface area contributed by atoms with Crippen molar-refractivity contribution in [3.63, 3.8) is 0 Å². The first-order valence-corrected chi connectivity index (χ1v) is 17.6. The van der Waals surface area contributed by atoms with E-state index in [1.54, 1.807) is 6.26 Å². The summed E-state index contributed by atoms with van der Waals surface area (Å²) in [6, 6.07) is 24.3. The highest BCUT2D eigenvalue weighted by molar-refractivity contribution is 6.42. The number of H-pyrrole nitrogens is 1. The van der Waals surface area contributed by atoms with E-state index in [1.807, 2.05) is 54.4 Å². The molecule has 2 N–H and O–H groups in total. The number of amides is 1. The minimum absolute atomic E-state index is 0.0195. The summed E-state index contributed by atoms with van der Waals surface area (Å²) in [7, 11) is 1.89. The summed E-state index contributed by atoms with van der Waals surface area (Å²) < 4.78 is 5.57. The van der Waals surface area contributed by atoms with Crippen molar-refractivity contribution < 1.29 is 9.21 Å². The van der Waals surface area contributed by atoms with Gasteiger partial charge in [0.1, 0.15) is 5.76 Å². The Morgan fingerprint density at radius 3 is 2.50 bits per heavy atom. The zero-order valence-electron chi connectivity index (χ0n) is 28.2. The summed E-state index contributed by atoms with van der Waals surface area (Å²) in [5, 5.41) is 4.73. The van der Waals surface area contributed by atoms with Crippen LogP contribution >= 0.6 is 23.2 Å². The van der Waals surface area contributed by atoms with E-state index < -0.39 is 0 Å². The maximum Gasteiger partial charge on any atom is 0.253 e. The van der Waals surface area contributed by atoms with Gasteiger partial charge < -0.3 is 24.5 Å². The number of benzene rings is 3. The van der Waals surface area contributed by atoms with Crippen LogP contribution in [0.4, 0.5) is 5.95 Å². The van der Waals surface area contributed by atoms with Gasteiger partial charge in [0, 0.05) is 50.6 Å². The molecule has 0 spiro atoms. The first-order chi connectivity index (χ1) is 23.0. The van der Waals surface area contributed by atoms with Crippen molar-refractivity contribution >= 4 is 46.1 Å². The second-order valence-corrected chi connectivity index (χ2v) is 14.9. The summed E-state index contributed by atoms with van der Waals surface area (Å²) in [4.78, 5) is 26.2. The Morgan fingerprint density at radius 1 is 1.04 bits per heavy atom. The molecular formula is C39H45Cl2N5O2. The molecule has 0 bridgehead atoms. The lowest BCUT2D eigenvalue weighted by Gasteiger charge is -2.34. The van der Waals surface area contributed by atoms with Crippen LogP contribution in [-0.4, -0.2) is 64.9 Å². The molecule has 1 fully saturated rings. The van der Waals surface area contributed by atoms with Crippen LogP contribution in [0.3, 0.4) is 0 Å². The summed E-state index contributed by atoms with van der Waals surface area (Å²) >= 11 is 12.7. The van der Waals surface area contributed by atoms with E-state index in [2.05, 4.69) is 66.3 Å². The van der Waals surface area contributed by atoms with Gasteiger partial charge >= 0.3 is 0 Å². The van der Waals surface area contributed by atoms with Crippen LogP contribution in [0.2, 0.25) is 10.0 Å². The molecule has 1 amide bonds. The molecule has 0 saturated carbocycles. The van der Waals surface area contributed by atoms with Crippen LogP contribution in [-0.2, 0) is 11.8 Å². The van der Waals surface area contributed by atoms with Crippen LogP contribution in [0, 0.1) is 0 Å². The van der Waals surface area contributed by atoms with E-state index in [0.717, 1.165) is 72.8 Å². The molecule has 3 heterocycles. The molecule has 7 nitrogen and oxygen atoms in total. The SMILES string of the molecule is CN(CC(CCN1CCC(Nc2nc3c(Cc4ccco4)cccc3[nH]2)CC1)c1ccc(Cl)c(Cl)c1)C(=O)c1ccc(C(C)(C)C)cc1. The monoisotopic (exact) mass is 685 g/mol. The van der Waals surface area contributed by atoms with Crippen molar-refractivity contribution in [1.29, 1.82) is 0 Å². The number of halogens is 2. The van der Waals surface area contributed by atoms with Gasteiger partial charge in [-0.25, -0.2) is 4.98 Å². The number of nitrogens with one attached hydrogen (secondary N) is 2. The lowest BCUT2D eigenvalue weighted by molar-refractivity contribution is 0.0781. The van der Waals surface area contributed by atoms with E-state index in [0.29, 0.717) is 34.6 Å². The van der Waals surface area contributed by atoms with Gasteiger partial charge in [0.2, 0.25) is 5.95 Å². The van der Waals surface area contributed by atoms with Gasteiger partial charge in [0.25, 0.3) is 5.91 Å². The van der Waals surface area contributed by atoms with Crippen molar-refractivity contribution in [2.45, 2.75) is 63.8 Å². The first kappa shape index (κ1) is 34.1. The van der Waals surface area contributed by atoms with Crippen molar-refractivity contribution in [3.8, 4) is 0 Å². The topological polar surface area (TPSA) is 77.4 Å². The Balaban J connectivity index is 1.06. The van der Waals surface area contributed by atoms with E-state index >= 15 is 0 Å². The number of aromatic nitrogens is 2. The van der Waals surface area contributed by atoms with Gasteiger partial charge in [-0.15, -0.1) is 0 Å². The van der Waals surface area contributed by atoms with Crippen molar-refractivity contribution in [2.75, 3.05) is 38.5 Å². The largest absolute Gasteiger partial charge is 0.469 e. The molecule has 0 radical (unpaired) electrons. The second-order valence-electron chi connectivity index (χ2n) is 14.1. The van der Waals surface area contributed by atoms with Crippen LogP contribution in [0.5, 0.6) is 0 Å². The number of carbonyl (C=O) groups excluding carboxylic acids is 1. The minimum Gasteiger partial charge on any atom is -0.469 e. The fraction of sp³-hybridized carbons (Fsp3) is 0.385. The highest BCUT2D eigenvalue weighted by Crippen LogP contribution is 2.30. The predicted octanol–water partition coefficient (Wildman–Crippen LogP) is 9.17. The number of likely N-dealkylation sites (N-methyl/N-ethyl adjacent to an activating group) is 1. The van der Waals surface area contributed by atoms with Gasteiger partial charge in [0.05, 0.1) is 27.3 Å². The molecule has 1 aliphatic heterocycles. The Hall–Kier alpha value is -3.78. The third kappa shape index (κ3) is 8.25. The normalized spacial score (nSPS) is 15.1. The number of likely N-dealkylation sites (tertiary alicyclic amines) is 1. The first-order valence-electron chi connectivity index (χ1n) is 16.8. The number of fused-ring (bicyclic) bond motifs is 1. The molecule has 1 unspecified atom stereocenters. The number of hydrogen-bond acceptors (Lipinski definition) is 5. The molecule has 48 heavy (non-hydrogen) atoms. The third-order valence-electron chi connectivity index (χ3n) is 9.52. The lowest BCUT2D eigenvalue weighted by Crippen LogP contribution is -2.40. The number of imidazole rings is 1. The Bertz CT molecular complexity index is 1820. The van der Waals surface area contributed by atoms with Gasteiger partial charge in [-0.1, -0.05) is 74.3 Å². The maximum absolute atomic E-state index is 13.5. The van der Waals surface area contributed by atoms with Gasteiger partial charge in [-0.2, -0.15) is 0 Å². The Morgan fingerprint density at radius 2 is 1.81 bits per heavy atom. The summed E-state index contributed by atoms with van der Waals surface area (Å²) in [6.45, 7) is 10.0. The highest BCUT2D eigenvalue weighted by atomic mass is 35.5. The molecule has 3 aromatic carbocycles. The number of aromatic amines is 1. The van der Waals surface area contributed by atoms with Crippen molar-refractivity contribution in [2.24, 2.45) is 0 Å². The Labute approximate surface area is 293 Å². The molecule has 5 aromatic rings. The Kier molecular flexibility index (Phi) is 10.5. The molecule has 1 saturated heterocycles. The zero-order chi connectivity index (χ0) is 33.8. The number of hydrogen-bond donors (Lipinski definition) is 2. The summed E-state index contributed by atoms with van der Waals surface area (Å²) in [5.74, 6) is 1.88. The van der Waals surface area contributed by atoms with E-state index in [9.17, 15) is 4.79 Å². The predicted molar refractivity (Wildman–Crippen MR) is 197 cm³/mol. The molecule has 1 aliphatic rings. The summed E-state index contributed by atoms with van der Waals surface area (Å²) in [6.07, 6.45) is 5.37. The second kappa shape index (κ2) is 14.8. The molecule has 9 heteroatoms. The number of nitrogens with zero attached hydrogens (tertiary/aromatic N) is 3. The molecule has 2 aromatic heterocycles. The average Bonchev–Trinajstić information content (AvgIpc) is 3.74. The van der Waals surface area contributed by atoms with Crippen molar-refractivity contribution in [3.05, 3.63) is 117 Å². The molecule has 252 valence electrons. The fourth-order valence-electron chi connectivity index (χ4n) is 6.61. The van der Waals surface area contributed by atoms with Gasteiger partial charge in [-0.05, 0) is 90.4 Å². The maximum atomic E-state index is 13.5. The van der Waals surface area contributed by atoms with Crippen LogP contribution in [0.1, 0.15) is 78.8 Å². The van der Waals surface area contributed by atoms with Crippen LogP contribution < -0.4 is 5.32 Å². The number of anilines is 1. The molecule has 6 rings (SSSR count). The average molecular weight is 687 g/mol. The third-order valence-corrected chi connectivity index (χ3v) is 10.3.